The lowest BCUT2D eigenvalue weighted by Gasteiger charge is -2.29. The molecule has 0 saturated heterocycles. The van der Waals surface area contributed by atoms with E-state index in [2.05, 4.69) is 48.5 Å². The SMILES string of the molecule is C.CC.CC.CC1CCC(C)(F)CC1.CCC(C)(C)C.CCC1(C(F)(F)F)CCCC1.CCCC. The molecule has 4 heteroatoms. The third kappa shape index (κ3) is 25.2. The molecule has 0 aromatic heterocycles. The molecule has 0 nitrogen and oxygen atoms in total. The van der Waals surface area contributed by atoms with E-state index in [0.717, 1.165) is 44.4 Å². The summed E-state index contributed by atoms with van der Waals surface area (Å²) in [5.74, 6) is 0.758. The van der Waals surface area contributed by atoms with Crippen molar-refractivity contribution >= 4 is 0 Å². The van der Waals surface area contributed by atoms with Crippen LogP contribution in [0.2, 0.25) is 0 Å². The Morgan fingerprint density at radius 2 is 1.06 bits per heavy atom. The van der Waals surface area contributed by atoms with Gasteiger partial charge in [-0.2, -0.15) is 13.2 Å². The number of hydrogen-bond acceptors (Lipinski definition) is 0. The van der Waals surface area contributed by atoms with Crippen molar-refractivity contribution in [2.75, 3.05) is 0 Å². The first-order chi connectivity index (χ1) is 15.6. The second kappa shape index (κ2) is 24.1. The maximum absolute atomic E-state index is 13.0. The van der Waals surface area contributed by atoms with E-state index < -0.39 is 17.3 Å². The number of unbranched alkanes of at least 4 members (excludes halogenated alkanes) is 1. The summed E-state index contributed by atoms with van der Waals surface area (Å²) in [7, 11) is 0. The van der Waals surface area contributed by atoms with Gasteiger partial charge in [-0.25, -0.2) is 4.39 Å². The Kier molecular flexibility index (Phi) is 30.7. The molecule has 0 aliphatic heterocycles. The minimum Gasteiger partial charge on any atom is -0.244 e. The highest BCUT2D eigenvalue weighted by Crippen LogP contribution is 2.52. The molecule has 0 aromatic carbocycles. The molecule has 2 aliphatic rings. The molecule has 0 spiro atoms. The molecule has 0 bridgehead atoms. The van der Waals surface area contributed by atoms with E-state index in [0.29, 0.717) is 18.3 Å². The molecule has 0 aromatic rings. The second-order valence-electron chi connectivity index (χ2n) is 10.8. The van der Waals surface area contributed by atoms with E-state index >= 15 is 0 Å². The zero-order valence-electron chi connectivity index (χ0n) is 25.6. The lowest BCUT2D eigenvalue weighted by Crippen LogP contribution is -2.34. The first-order valence-corrected chi connectivity index (χ1v) is 14.3. The van der Waals surface area contributed by atoms with E-state index in [4.69, 9.17) is 0 Å². The fourth-order valence-electron chi connectivity index (χ4n) is 3.25. The van der Waals surface area contributed by atoms with Crippen molar-refractivity contribution in [2.45, 2.75) is 186 Å². The van der Waals surface area contributed by atoms with Gasteiger partial charge in [0.25, 0.3) is 0 Å². The van der Waals surface area contributed by atoms with Crippen LogP contribution in [-0.2, 0) is 0 Å². The standard InChI is InChI=1S/C8H13F3.C8H15F.C6H14.C4H10.2C2H6.CH4/c1-2-7(8(9,10)11)5-3-4-6-7;1-7-3-5-8(2,9)6-4-7;1-5-6(2,3)4;1-3-4-2;2*1-2;/h2-6H2,1H3;7H,3-6H2,1-2H3;5H2,1-4H3;3-4H2,1-2H3;2*1-2H3;1H4. The summed E-state index contributed by atoms with van der Waals surface area (Å²) in [5.41, 5.74) is -1.63. The lowest BCUT2D eigenvalue weighted by molar-refractivity contribution is -0.223. The van der Waals surface area contributed by atoms with Crippen LogP contribution in [0.3, 0.4) is 0 Å². The van der Waals surface area contributed by atoms with Crippen LogP contribution in [0, 0.1) is 16.7 Å². The van der Waals surface area contributed by atoms with Crippen molar-refractivity contribution in [3.05, 3.63) is 0 Å². The van der Waals surface area contributed by atoms with Gasteiger partial charge in [0.05, 0.1) is 5.41 Å². The minimum atomic E-state index is -3.97. The summed E-state index contributed by atoms with van der Waals surface area (Å²) in [4.78, 5) is 0. The fraction of sp³-hybridized carbons (Fsp3) is 1.00. The molecule has 0 radical (unpaired) electrons. The summed E-state index contributed by atoms with van der Waals surface area (Å²) < 4.78 is 50.3. The molecule has 2 saturated carbocycles. The van der Waals surface area contributed by atoms with E-state index in [1.807, 2.05) is 27.7 Å². The van der Waals surface area contributed by atoms with E-state index in [-0.39, 0.29) is 13.8 Å². The Hall–Kier alpha value is -0.280. The third-order valence-corrected chi connectivity index (χ3v) is 6.72. The smallest absolute Gasteiger partial charge is 0.244 e. The highest BCUT2D eigenvalue weighted by molar-refractivity contribution is 4.89. The topological polar surface area (TPSA) is 0 Å². The van der Waals surface area contributed by atoms with Gasteiger partial charge in [-0.1, -0.05) is 123 Å². The molecule has 0 unspecified atom stereocenters. The van der Waals surface area contributed by atoms with Crippen molar-refractivity contribution in [1.82, 2.24) is 0 Å². The van der Waals surface area contributed by atoms with Crippen molar-refractivity contribution in [1.29, 1.82) is 0 Å². The largest absolute Gasteiger partial charge is 0.394 e. The van der Waals surface area contributed by atoms with Crippen molar-refractivity contribution in [3.8, 4) is 0 Å². The number of halogens is 4. The third-order valence-electron chi connectivity index (χ3n) is 6.72. The predicted octanol–water partition coefficient (Wildman–Crippen LogP) is 13.4. The minimum absolute atomic E-state index is 0. The average molecular weight is 517 g/mol. The Balaban J connectivity index is -0.000000113. The predicted molar refractivity (Wildman–Crippen MR) is 154 cm³/mol. The van der Waals surface area contributed by atoms with Crippen molar-refractivity contribution in [3.63, 3.8) is 0 Å². The molecule has 0 amide bonds. The number of hydrogen-bond donors (Lipinski definition) is 0. The molecule has 2 rings (SSSR count). The number of alkyl halides is 4. The summed E-state index contributed by atoms with van der Waals surface area (Å²) in [6.07, 6.45) is 6.05. The zero-order valence-corrected chi connectivity index (χ0v) is 25.6. The second-order valence-corrected chi connectivity index (χ2v) is 10.8. The summed E-state index contributed by atoms with van der Waals surface area (Å²) >= 11 is 0. The molecule has 0 N–H and O–H groups in total. The van der Waals surface area contributed by atoms with Gasteiger partial charge in [-0.05, 0) is 63.2 Å². The highest BCUT2D eigenvalue weighted by Gasteiger charge is 2.54. The highest BCUT2D eigenvalue weighted by atomic mass is 19.4. The normalized spacial score (nSPS) is 22.4. The van der Waals surface area contributed by atoms with Gasteiger partial charge in [0.1, 0.15) is 5.67 Å². The Morgan fingerprint density at radius 3 is 1.20 bits per heavy atom. The molecule has 35 heavy (non-hydrogen) atoms. The molecular weight excluding hydrogens is 448 g/mol. The van der Waals surface area contributed by atoms with Gasteiger partial charge in [0, 0.05) is 0 Å². The van der Waals surface area contributed by atoms with Gasteiger partial charge in [0.2, 0.25) is 0 Å². The van der Waals surface area contributed by atoms with E-state index in [1.165, 1.54) is 19.3 Å². The fourth-order valence-corrected chi connectivity index (χ4v) is 3.25. The Labute approximate surface area is 220 Å². The van der Waals surface area contributed by atoms with Crippen LogP contribution in [0.25, 0.3) is 0 Å². The van der Waals surface area contributed by atoms with Crippen LogP contribution >= 0.6 is 0 Å². The van der Waals surface area contributed by atoms with Crippen molar-refractivity contribution < 1.29 is 17.6 Å². The summed E-state index contributed by atoms with van der Waals surface area (Å²) in [5, 5.41) is 0. The average Bonchev–Trinajstić information content (AvgIpc) is 3.30. The maximum Gasteiger partial charge on any atom is 0.394 e. The van der Waals surface area contributed by atoms with Crippen molar-refractivity contribution in [2.24, 2.45) is 16.7 Å². The monoisotopic (exact) mass is 517 g/mol. The molecule has 0 heterocycles. The molecule has 0 atom stereocenters. The first kappa shape index (κ1) is 44.7. The Morgan fingerprint density at radius 1 is 0.743 bits per heavy atom. The van der Waals surface area contributed by atoms with Crippen LogP contribution in [-0.4, -0.2) is 11.8 Å². The van der Waals surface area contributed by atoms with Gasteiger partial charge < -0.3 is 0 Å². The van der Waals surface area contributed by atoms with Gasteiger partial charge in [-0.15, -0.1) is 0 Å². The van der Waals surface area contributed by atoms with Crippen LogP contribution < -0.4 is 0 Å². The number of rotatable bonds is 2. The van der Waals surface area contributed by atoms with Crippen LogP contribution in [0.5, 0.6) is 0 Å². The first-order valence-electron chi connectivity index (χ1n) is 14.3. The zero-order chi connectivity index (χ0) is 28.1. The summed E-state index contributed by atoms with van der Waals surface area (Å²) in [6, 6.07) is 0. The molecule has 220 valence electrons. The van der Waals surface area contributed by atoms with Crippen LogP contribution in [0.15, 0.2) is 0 Å². The Bertz CT molecular complexity index is 387. The van der Waals surface area contributed by atoms with Crippen LogP contribution in [0.4, 0.5) is 17.6 Å². The van der Waals surface area contributed by atoms with E-state index in [1.54, 1.807) is 13.8 Å². The molecule has 2 aliphatic carbocycles. The van der Waals surface area contributed by atoms with Gasteiger partial charge in [-0.3, -0.25) is 0 Å². The quantitative estimate of drug-likeness (QED) is 0.320. The van der Waals surface area contributed by atoms with Gasteiger partial charge >= 0.3 is 6.18 Å². The maximum atomic E-state index is 13.0. The summed E-state index contributed by atoms with van der Waals surface area (Å²) in [6.45, 7) is 26.9. The molecule has 2 fully saturated rings. The molecular formula is C31H68F4. The lowest BCUT2D eigenvalue weighted by atomic mass is 9.82. The van der Waals surface area contributed by atoms with Crippen LogP contribution in [0.1, 0.15) is 174 Å². The van der Waals surface area contributed by atoms with Gasteiger partial charge in [0.15, 0.2) is 0 Å². The van der Waals surface area contributed by atoms with E-state index in [9.17, 15) is 17.6 Å².